The van der Waals surface area contributed by atoms with Crippen molar-refractivity contribution in [2.45, 2.75) is 32.5 Å². The van der Waals surface area contributed by atoms with Gasteiger partial charge in [-0.1, -0.05) is 12.1 Å². The van der Waals surface area contributed by atoms with Crippen molar-refractivity contribution in [3.63, 3.8) is 0 Å². The number of alkyl halides is 1. The molecule has 10 heteroatoms. The molecular formula is C19H22FN5O4. The number of ether oxygens (including phenoxy) is 1. The number of carbonyl (C=O) groups is 1. The Morgan fingerprint density at radius 2 is 2.17 bits per heavy atom. The first-order chi connectivity index (χ1) is 13.6. The van der Waals surface area contributed by atoms with Crippen LogP contribution in [-0.2, 0) is 4.84 Å². The van der Waals surface area contributed by atoms with E-state index in [1.54, 1.807) is 24.3 Å². The van der Waals surface area contributed by atoms with Crippen molar-refractivity contribution in [1.29, 1.82) is 5.26 Å². The Labute approximate surface area is 167 Å². The number of aromatic nitrogens is 2. The zero-order valence-corrected chi connectivity index (χ0v) is 16.3. The number of hydrogen-bond acceptors (Lipinski definition) is 8. The third-order valence-electron chi connectivity index (χ3n) is 3.50. The minimum absolute atomic E-state index is 0.106. The summed E-state index contributed by atoms with van der Waals surface area (Å²) in [5.41, 5.74) is 7.52. The number of benzene rings is 1. The fourth-order valence-corrected chi connectivity index (χ4v) is 2.16. The van der Waals surface area contributed by atoms with Gasteiger partial charge in [0.2, 0.25) is 5.88 Å². The molecule has 1 atom stereocenters. The molecule has 29 heavy (non-hydrogen) atoms. The molecule has 2 aromatic rings. The van der Waals surface area contributed by atoms with Gasteiger partial charge in [-0.15, -0.1) is 0 Å². The molecule has 154 valence electrons. The predicted octanol–water partition coefficient (Wildman–Crippen LogP) is 1.77. The SMILES string of the molecule is C[C@H](CF)Oc1nc(-c2cccc(C#N)c2)nc(N)c1C(=O)NOCC(C)(C)O. The molecule has 0 saturated heterocycles. The number of anilines is 1. The van der Waals surface area contributed by atoms with E-state index in [0.29, 0.717) is 11.1 Å². The van der Waals surface area contributed by atoms with Crippen molar-refractivity contribution in [2.24, 2.45) is 0 Å². The quantitative estimate of drug-likeness (QED) is 0.566. The number of halogens is 1. The smallest absolute Gasteiger partial charge is 0.284 e. The Morgan fingerprint density at radius 3 is 2.79 bits per heavy atom. The fraction of sp³-hybridized carbons (Fsp3) is 0.368. The highest BCUT2D eigenvalue weighted by Gasteiger charge is 2.24. The third-order valence-corrected chi connectivity index (χ3v) is 3.50. The van der Waals surface area contributed by atoms with E-state index < -0.39 is 24.3 Å². The van der Waals surface area contributed by atoms with Crippen LogP contribution in [0.2, 0.25) is 0 Å². The van der Waals surface area contributed by atoms with E-state index in [-0.39, 0.29) is 29.7 Å². The maximum Gasteiger partial charge on any atom is 0.284 e. The molecule has 1 aromatic carbocycles. The summed E-state index contributed by atoms with van der Waals surface area (Å²) in [6.45, 7) is 3.45. The van der Waals surface area contributed by atoms with Crippen molar-refractivity contribution < 1.29 is 23.9 Å². The van der Waals surface area contributed by atoms with Crippen LogP contribution in [0.5, 0.6) is 5.88 Å². The highest BCUT2D eigenvalue weighted by atomic mass is 19.1. The van der Waals surface area contributed by atoms with Gasteiger partial charge in [-0.05, 0) is 32.9 Å². The van der Waals surface area contributed by atoms with Crippen LogP contribution in [0.3, 0.4) is 0 Å². The number of aliphatic hydroxyl groups is 1. The normalized spacial score (nSPS) is 12.1. The molecule has 0 aliphatic heterocycles. The number of nitrogens with two attached hydrogens (primary N) is 1. The van der Waals surface area contributed by atoms with E-state index in [0.717, 1.165) is 0 Å². The summed E-state index contributed by atoms with van der Waals surface area (Å²) in [5.74, 6) is -1.16. The van der Waals surface area contributed by atoms with Gasteiger partial charge in [0.05, 0.1) is 17.2 Å². The Hall–Kier alpha value is -3.29. The zero-order chi connectivity index (χ0) is 21.6. The number of hydrogen-bond donors (Lipinski definition) is 3. The van der Waals surface area contributed by atoms with Crippen LogP contribution in [0.1, 0.15) is 36.7 Å². The molecule has 4 N–H and O–H groups in total. The summed E-state index contributed by atoms with van der Waals surface area (Å²) < 4.78 is 18.4. The molecule has 0 unspecified atom stereocenters. The van der Waals surface area contributed by atoms with Crippen molar-refractivity contribution in [3.8, 4) is 23.3 Å². The van der Waals surface area contributed by atoms with Crippen LogP contribution in [0.4, 0.5) is 10.2 Å². The molecular weight excluding hydrogens is 381 g/mol. The highest BCUT2D eigenvalue weighted by molar-refractivity contribution is 6.00. The lowest BCUT2D eigenvalue weighted by Crippen LogP contribution is -2.34. The third kappa shape index (κ3) is 6.10. The Morgan fingerprint density at radius 1 is 1.45 bits per heavy atom. The molecule has 2 rings (SSSR count). The van der Waals surface area contributed by atoms with Crippen LogP contribution in [0.15, 0.2) is 24.3 Å². The topological polar surface area (TPSA) is 143 Å². The van der Waals surface area contributed by atoms with E-state index >= 15 is 0 Å². The number of carbonyl (C=O) groups excluding carboxylic acids is 1. The summed E-state index contributed by atoms with van der Waals surface area (Å²) in [6, 6.07) is 8.46. The lowest BCUT2D eigenvalue weighted by Gasteiger charge is -2.18. The van der Waals surface area contributed by atoms with Crippen molar-refractivity contribution in [1.82, 2.24) is 15.4 Å². The van der Waals surface area contributed by atoms with E-state index in [4.69, 9.17) is 20.6 Å². The Kier molecular flexibility index (Phi) is 7.03. The first-order valence-corrected chi connectivity index (χ1v) is 8.69. The monoisotopic (exact) mass is 403 g/mol. The van der Waals surface area contributed by atoms with Gasteiger partial charge in [-0.3, -0.25) is 9.63 Å². The summed E-state index contributed by atoms with van der Waals surface area (Å²) in [5, 5.41) is 18.7. The maximum absolute atomic E-state index is 13.0. The molecule has 0 aliphatic rings. The maximum atomic E-state index is 13.0. The molecule has 0 aliphatic carbocycles. The van der Waals surface area contributed by atoms with Gasteiger partial charge in [0, 0.05) is 5.56 Å². The molecule has 0 radical (unpaired) electrons. The van der Waals surface area contributed by atoms with E-state index in [1.807, 2.05) is 6.07 Å². The zero-order valence-electron chi connectivity index (χ0n) is 16.3. The lowest BCUT2D eigenvalue weighted by molar-refractivity contribution is -0.0523. The molecule has 0 fully saturated rings. The second-order valence-electron chi connectivity index (χ2n) is 6.92. The average Bonchev–Trinajstić information content (AvgIpc) is 2.66. The van der Waals surface area contributed by atoms with Crippen LogP contribution in [0, 0.1) is 11.3 Å². The minimum Gasteiger partial charge on any atom is -0.471 e. The van der Waals surface area contributed by atoms with Gasteiger partial charge in [0.1, 0.15) is 30.8 Å². The number of nitrogen functional groups attached to an aromatic ring is 1. The van der Waals surface area contributed by atoms with Crippen LogP contribution >= 0.6 is 0 Å². The molecule has 9 nitrogen and oxygen atoms in total. The predicted molar refractivity (Wildman–Crippen MR) is 102 cm³/mol. The van der Waals surface area contributed by atoms with Gasteiger partial charge in [-0.25, -0.2) is 14.9 Å². The van der Waals surface area contributed by atoms with Crippen molar-refractivity contribution >= 4 is 11.7 Å². The van der Waals surface area contributed by atoms with Gasteiger partial charge in [-0.2, -0.15) is 10.2 Å². The summed E-state index contributed by atoms with van der Waals surface area (Å²) >= 11 is 0. The van der Waals surface area contributed by atoms with Gasteiger partial charge in [0.15, 0.2) is 5.82 Å². The minimum atomic E-state index is -1.17. The molecule has 0 spiro atoms. The lowest BCUT2D eigenvalue weighted by atomic mass is 10.1. The summed E-state index contributed by atoms with van der Waals surface area (Å²) in [6.07, 6.45) is -0.897. The fourth-order valence-electron chi connectivity index (χ4n) is 2.16. The summed E-state index contributed by atoms with van der Waals surface area (Å²) in [7, 11) is 0. The molecule has 0 bridgehead atoms. The number of hydroxylamine groups is 1. The van der Waals surface area contributed by atoms with Gasteiger partial charge >= 0.3 is 0 Å². The number of nitrogens with zero attached hydrogens (tertiary/aromatic N) is 3. The number of rotatable bonds is 8. The first-order valence-electron chi connectivity index (χ1n) is 8.69. The van der Waals surface area contributed by atoms with Crippen molar-refractivity contribution in [2.75, 3.05) is 19.0 Å². The van der Waals surface area contributed by atoms with E-state index in [2.05, 4.69) is 15.4 Å². The first kappa shape index (κ1) is 22.0. The van der Waals surface area contributed by atoms with Gasteiger partial charge in [0.25, 0.3) is 5.91 Å². The van der Waals surface area contributed by atoms with Crippen molar-refractivity contribution in [3.05, 3.63) is 35.4 Å². The van der Waals surface area contributed by atoms with Crippen LogP contribution in [0.25, 0.3) is 11.4 Å². The second kappa shape index (κ2) is 9.27. The van der Waals surface area contributed by atoms with E-state index in [1.165, 1.54) is 20.8 Å². The highest BCUT2D eigenvalue weighted by Crippen LogP contribution is 2.27. The number of nitriles is 1. The second-order valence-corrected chi connectivity index (χ2v) is 6.92. The standard InChI is InChI=1S/C19H22FN5O4/c1-11(8-20)29-18-14(17(26)25-28-10-19(2,3)27)15(22)23-16(24-18)13-6-4-5-12(7-13)9-21/h4-7,11,27H,8,10H2,1-3H3,(H,25,26)(H2,22,23,24)/t11-/m1/s1. The molecule has 1 aromatic heterocycles. The van der Waals surface area contributed by atoms with Crippen LogP contribution in [-0.4, -0.2) is 46.0 Å². The van der Waals surface area contributed by atoms with Gasteiger partial charge < -0.3 is 15.6 Å². The summed E-state index contributed by atoms with van der Waals surface area (Å²) in [4.78, 5) is 25.8. The number of nitrogens with one attached hydrogen (secondary N) is 1. The molecule has 0 saturated carbocycles. The average molecular weight is 403 g/mol. The number of amides is 1. The Balaban J connectivity index is 2.42. The van der Waals surface area contributed by atoms with E-state index in [9.17, 15) is 14.3 Å². The largest absolute Gasteiger partial charge is 0.471 e. The van der Waals surface area contributed by atoms with Crippen LogP contribution < -0.4 is 16.0 Å². The molecule has 1 amide bonds. The molecule has 1 heterocycles. The Bertz CT molecular complexity index is 924.